The van der Waals surface area contributed by atoms with Crippen molar-refractivity contribution in [1.82, 2.24) is 10.2 Å². The maximum Gasteiger partial charge on any atom is 0.411 e. The molecule has 0 bridgehead atoms. The number of amides is 2. The third kappa shape index (κ3) is 6.33. The zero-order valence-corrected chi connectivity index (χ0v) is 14.5. The summed E-state index contributed by atoms with van der Waals surface area (Å²) in [4.78, 5) is 36.4. The Morgan fingerprint density at radius 2 is 1.57 bits per heavy atom. The first kappa shape index (κ1) is 19.1. The van der Waals surface area contributed by atoms with E-state index in [1.54, 1.807) is 41.5 Å². The Morgan fingerprint density at radius 3 is 2.00 bits per heavy atom. The quantitative estimate of drug-likeness (QED) is 0.802. The van der Waals surface area contributed by atoms with Crippen LogP contribution in [0.4, 0.5) is 9.59 Å². The number of carboxylic acids is 1. The number of carbonyl (C=O) groups excluding carboxylic acids is 2. The van der Waals surface area contributed by atoms with E-state index in [2.05, 4.69) is 5.32 Å². The molecule has 8 nitrogen and oxygen atoms in total. The first-order valence-electron chi connectivity index (χ1n) is 7.50. The van der Waals surface area contributed by atoms with Gasteiger partial charge >= 0.3 is 18.2 Å². The van der Waals surface area contributed by atoms with Crippen LogP contribution in [-0.2, 0) is 14.3 Å². The molecule has 0 aromatic heterocycles. The first-order valence-corrected chi connectivity index (χ1v) is 7.50. The predicted octanol–water partition coefficient (Wildman–Crippen LogP) is 1.97. The fourth-order valence-corrected chi connectivity index (χ4v) is 2.17. The lowest BCUT2D eigenvalue weighted by atomic mass is 10.2. The number of carbonyl (C=O) groups is 3. The minimum Gasteiger partial charge on any atom is -0.480 e. The molecular formula is C15H26N2O6. The molecule has 0 spiro atoms. The summed E-state index contributed by atoms with van der Waals surface area (Å²) in [6.07, 6.45) is -1.25. The number of hydrogen-bond donors (Lipinski definition) is 2. The summed E-state index contributed by atoms with van der Waals surface area (Å²) in [5.74, 6) is -1.13. The molecule has 0 radical (unpaired) electrons. The second-order valence-corrected chi connectivity index (χ2v) is 7.57. The van der Waals surface area contributed by atoms with E-state index >= 15 is 0 Å². The maximum atomic E-state index is 12.1. The normalized spacial score (nSPS) is 21.7. The molecule has 1 rings (SSSR count). The third-order valence-corrected chi connectivity index (χ3v) is 2.94. The predicted molar refractivity (Wildman–Crippen MR) is 82.1 cm³/mol. The van der Waals surface area contributed by atoms with Crippen molar-refractivity contribution >= 4 is 18.2 Å². The van der Waals surface area contributed by atoms with Crippen LogP contribution in [-0.4, -0.2) is 58.0 Å². The molecule has 132 valence electrons. The van der Waals surface area contributed by atoms with Crippen LogP contribution in [0.2, 0.25) is 0 Å². The third-order valence-electron chi connectivity index (χ3n) is 2.94. The van der Waals surface area contributed by atoms with Gasteiger partial charge in [0, 0.05) is 13.0 Å². The van der Waals surface area contributed by atoms with Gasteiger partial charge in [-0.05, 0) is 41.5 Å². The number of ether oxygens (including phenoxy) is 2. The second kappa shape index (κ2) is 6.64. The highest BCUT2D eigenvalue weighted by atomic mass is 16.6. The maximum absolute atomic E-state index is 12.1. The van der Waals surface area contributed by atoms with Crippen LogP contribution in [0.1, 0.15) is 48.0 Å². The summed E-state index contributed by atoms with van der Waals surface area (Å²) in [6, 6.07) is -1.54. The number of alkyl carbamates (subject to hydrolysis) is 1. The standard InChI is InChI=1S/C15H26N2O6/c1-14(2,3)22-12(20)16-9-7-10(11(18)19)17(8-9)13(21)23-15(4,5)6/h9-10H,7-8H2,1-6H3,(H,16,20)(H,18,19)/t9-,10-/m0/s1. The molecule has 2 N–H and O–H groups in total. The highest BCUT2D eigenvalue weighted by Gasteiger charge is 2.42. The number of nitrogens with one attached hydrogen (secondary N) is 1. The molecule has 0 aliphatic carbocycles. The first-order chi connectivity index (χ1) is 10.3. The fraction of sp³-hybridized carbons (Fsp3) is 0.800. The van der Waals surface area contributed by atoms with Crippen molar-refractivity contribution in [2.24, 2.45) is 0 Å². The Kier molecular flexibility index (Phi) is 5.50. The number of carboxylic acid groups (broad SMARTS) is 1. The molecule has 1 heterocycles. The molecule has 1 fully saturated rings. The molecule has 0 aromatic rings. The number of hydrogen-bond acceptors (Lipinski definition) is 5. The van der Waals surface area contributed by atoms with Crippen molar-refractivity contribution < 1.29 is 29.0 Å². The van der Waals surface area contributed by atoms with E-state index in [9.17, 15) is 19.5 Å². The second-order valence-electron chi connectivity index (χ2n) is 7.57. The lowest BCUT2D eigenvalue weighted by Crippen LogP contribution is -2.44. The zero-order chi connectivity index (χ0) is 18.0. The summed E-state index contributed by atoms with van der Waals surface area (Å²) in [5.41, 5.74) is -1.38. The average Bonchev–Trinajstić information content (AvgIpc) is 2.67. The van der Waals surface area contributed by atoms with Gasteiger partial charge in [-0.25, -0.2) is 14.4 Å². The molecule has 8 heteroatoms. The van der Waals surface area contributed by atoms with Gasteiger partial charge in [0.05, 0.1) is 6.04 Å². The van der Waals surface area contributed by atoms with Crippen molar-refractivity contribution in [3.05, 3.63) is 0 Å². The molecule has 1 aliphatic heterocycles. The minimum absolute atomic E-state index is 0.0606. The van der Waals surface area contributed by atoms with E-state index in [0.29, 0.717) is 0 Å². The van der Waals surface area contributed by atoms with Gasteiger partial charge in [0.15, 0.2) is 0 Å². The van der Waals surface area contributed by atoms with E-state index in [4.69, 9.17) is 9.47 Å². The van der Waals surface area contributed by atoms with Gasteiger partial charge in [0.1, 0.15) is 17.2 Å². The molecule has 1 aliphatic rings. The van der Waals surface area contributed by atoms with E-state index in [-0.39, 0.29) is 13.0 Å². The Bertz CT molecular complexity index is 477. The Hall–Kier alpha value is -1.99. The molecule has 0 aromatic carbocycles. The minimum atomic E-state index is -1.13. The van der Waals surface area contributed by atoms with Gasteiger partial charge in [-0.15, -0.1) is 0 Å². The molecule has 2 atom stereocenters. The van der Waals surface area contributed by atoms with Gasteiger partial charge in [0.2, 0.25) is 0 Å². The fourth-order valence-electron chi connectivity index (χ4n) is 2.17. The van der Waals surface area contributed by atoms with E-state index in [1.165, 1.54) is 0 Å². The Balaban J connectivity index is 2.73. The topological polar surface area (TPSA) is 105 Å². The van der Waals surface area contributed by atoms with Gasteiger partial charge in [-0.3, -0.25) is 4.90 Å². The lowest BCUT2D eigenvalue weighted by molar-refractivity contribution is -0.142. The molecule has 23 heavy (non-hydrogen) atoms. The van der Waals surface area contributed by atoms with E-state index < -0.39 is 41.4 Å². The summed E-state index contributed by atoms with van der Waals surface area (Å²) in [7, 11) is 0. The van der Waals surface area contributed by atoms with Crippen LogP contribution in [0.25, 0.3) is 0 Å². The monoisotopic (exact) mass is 330 g/mol. The van der Waals surface area contributed by atoms with Crippen LogP contribution in [0, 0.1) is 0 Å². The molecule has 2 amide bonds. The lowest BCUT2D eigenvalue weighted by Gasteiger charge is -2.26. The van der Waals surface area contributed by atoms with Crippen LogP contribution in [0.15, 0.2) is 0 Å². The van der Waals surface area contributed by atoms with Crippen LogP contribution in [0.5, 0.6) is 0 Å². The van der Waals surface area contributed by atoms with Crippen molar-refractivity contribution in [1.29, 1.82) is 0 Å². The molecule has 0 unspecified atom stereocenters. The SMILES string of the molecule is CC(C)(C)OC(=O)N[C@H]1C[C@@H](C(=O)O)N(C(=O)OC(C)(C)C)C1. The van der Waals surface area contributed by atoms with E-state index in [0.717, 1.165) is 4.90 Å². The molecule has 1 saturated heterocycles. The highest BCUT2D eigenvalue weighted by Crippen LogP contribution is 2.22. The van der Waals surface area contributed by atoms with Crippen LogP contribution in [0.3, 0.4) is 0 Å². The van der Waals surface area contributed by atoms with Crippen molar-refractivity contribution in [3.63, 3.8) is 0 Å². The van der Waals surface area contributed by atoms with Crippen LogP contribution < -0.4 is 5.32 Å². The van der Waals surface area contributed by atoms with Gasteiger partial charge in [0.25, 0.3) is 0 Å². The van der Waals surface area contributed by atoms with Crippen LogP contribution >= 0.6 is 0 Å². The smallest absolute Gasteiger partial charge is 0.411 e. The largest absolute Gasteiger partial charge is 0.480 e. The Labute approximate surface area is 136 Å². The average molecular weight is 330 g/mol. The Morgan fingerprint density at radius 1 is 1.04 bits per heavy atom. The van der Waals surface area contributed by atoms with Crippen molar-refractivity contribution in [2.75, 3.05) is 6.54 Å². The molecule has 0 saturated carbocycles. The zero-order valence-electron chi connectivity index (χ0n) is 14.5. The van der Waals surface area contributed by atoms with Crippen molar-refractivity contribution in [3.8, 4) is 0 Å². The molecular weight excluding hydrogens is 304 g/mol. The number of nitrogens with zero attached hydrogens (tertiary/aromatic N) is 1. The number of aliphatic carboxylic acids is 1. The van der Waals surface area contributed by atoms with Gasteiger partial charge in [-0.1, -0.05) is 0 Å². The summed E-state index contributed by atoms with van der Waals surface area (Å²) >= 11 is 0. The summed E-state index contributed by atoms with van der Waals surface area (Å²) < 4.78 is 10.4. The number of likely N-dealkylation sites (tertiary alicyclic amines) is 1. The van der Waals surface area contributed by atoms with Crippen molar-refractivity contribution in [2.45, 2.75) is 71.2 Å². The van der Waals surface area contributed by atoms with E-state index in [1.807, 2.05) is 0 Å². The highest BCUT2D eigenvalue weighted by molar-refractivity contribution is 5.81. The van der Waals surface area contributed by atoms with Gasteiger partial charge in [-0.2, -0.15) is 0 Å². The summed E-state index contributed by atoms with van der Waals surface area (Å²) in [5, 5.41) is 11.9. The van der Waals surface area contributed by atoms with Gasteiger partial charge < -0.3 is 19.9 Å². The summed E-state index contributed by atoms with van der Waals surface area (Å²) in [6.45, 7) is 10.4. The number of rotatable bonds is 2.